The van der Waals surface area contributed by atoms with Crippen molar-refractivity contribution in [2.24, 2.45) is 0 Å². The van der Waals surface area contributed by atoms with Crippen LogP contribution in [-0.4, -0.2) is 27.5 Å². The van der Waals surface area contributed by atoms with E-state index in [1.165, 1.54) is 12.1 Å². The van der Waals surface area contributed by atoms with Crippen LogP contribution in [0.4, 0.5) is 4.39 Å². The third-order valence-electron chi connectivity index (χ3n) is 4.68. The first-order chi connectivity index (χ1) is 13.0. The van der Waals surface area contributed by atoms with Gasteiger partial charge in [0.1, 0.15) is 11.9 Å². The molecule has 0 bridgehead atoms. The molecule has 1 aliphatic heterocycles. The first-order valence-electron chi connectivity index (χ1n) is 8.69. The van der Waals surface area contributed by atoms with Crippen LogP contribution in [-0.2, 0) is 0 Å². The van der Waals surface area contributed by atoms with E-state index in [2.05, 4.69) is 10.1 Å². The number of benzene rings is 2. The van der Waals surface area contributed by atoms with Crippen molar-refractivity contribution in [1.29, 1.82) is 0 Å². The number of hydrogen-bond donors (Lipinski definition) is 0. The van der Waals surface area contributed by atoms with Crippen molar-refractivity contribution in [1.82, 2.24) is 15.0 Å². The van der Waals surface area contributed by atoms with E-state index < -0.39 is 5.82 Å². The smallest absolute Gasteiger partial charge is 0.256 e. The Bertz CT molecular complexity index is 1000. The van der Waals surface area contributed by atoms with Crippen molar-refractivity contribution in [2.75, 3.05) is 6.54 Å². The van der Waals surface area contributed by atoms with Crippen LogP contribution in [0, 0.1) is 12.7 Å². The normalized spacial score (nSPS) is 16.7. The minimum atomic E-state index is -0.502. The molecule has 0 saturated carbocycles. The van der Waals surface area contributed by atoms with Crippen LogP contribution < -0.4 is 0 Å². The highest BCUT2D eigenvalue weighted by Crippen LogP contribution is 2.34. The van der Waals surface area contributed by atoms with E-state index >= 15 is 0 Å². The van der Waals surface area contributed by atoms with Crippen LogP contribution in [0.2, 0.25) is 5.02 Å². The number of carbonyl (C=O) groups excluding carboxylic acids is 1. The van der Waals surface area contributed by atoms with Gasteiger partial charge in [-0.1, -0.05) is 40.5 Å². The Morgan fingerprint density at radius 2 is 2.15 bits per heavy atom. The summed E-state index contributed by atoms with van der Waals surface area (Å²) >= 11 is 6.10. The van der Waals surface area contributed by atoms with Crippen molar-refractivity contribution >= 4 is 17.5 Å². The molecule has 0 N–H and O–H groups in total. The Kier molecular flexibility index (Phi) is 4.66. The molecule has 1 atom stereocenters. The molecule has 27 heavy (non-hydrogen) atoms. The molecule has 0 spiro atoms. The van der Waals surface area contributed by atoms with Gasteiger partial charge in [0.25, 0.3) is 5.91 Å². The summed E-state index contributed by atoms with van der Waals surface area (Å²) in [6, 6.07) is 11.2. The van der Waals surface area contributed by atoms with Gasteiger partial charge in [-0.05, 0) is 44.0 Å². The van der Waals surface area contributed by atoms with Gasteiger partial charge >= 0.3 is 0 Å². The van der Waals surface area contributed by atoms with Crippen LogP contribution in [0.1, 0.15) is 40.7 Å². The Balaban J connectivity index is 1.62. The zero-order valence-electron chi connectivity index (χ0n) is 14.7. The average Bonchev–Trinajstić information content (AvgIpc) is 3.32. The number of rotatable bonds is 3. The summed E-state index contributed by atoms with van der Waals surface area (Å²) in [6.07, 6.45) is 1.50. The zero-order chi connectivity index (χ0) is 19.0. The van der Waals surface area contributed by atoms with E-state index in [4.69, 9.17) is 16.1 Å². The molecule has 7 heteroatoms. The van der Waals surface area contributed by atoms with E-state index in [1.54, 1.807) is 4.90 Å². The fourth-order valence-electron chi connectivity index (χ4n) is 3.35. The van der Waals surface area contributed by atoms with Crippen molar-refractivity contribution in [3.63, 3.8) is 0 Å². The highest BCUT2D eigenvalue weighted by molar-refractivity contribution is 6.33. The molecular weight excluding hydrogens is 369 g/mol. The standard InChI is InChI=1S/C20H17ClFN3O2/c1-12-4-2-5-13(10-12)18-23-19(27-24-18)17-6-3-9-25(17)20(26)15-11-14(22)7-8-16(15)21/h2,4-5,7-8,10-11,17H,3,6,9H2,1H3/t17-/m0/s1. The summed E-state index contributed by atoms with van der Waals surface area (Å²) in [6.45, 7) is 2.52. The van der Waals surface area contributed by atoms with E-state index in [0.29, 0.717) is 24.7 Å². The molecule has 5 nitrogen and oxygen atoms in total. The van der Waals surface area contributed by atoms with Gasteiger partial charge in [0, 0.05) is 12.1 Å². The van der Waals surface area contributed by atoms with Gasteiger partial charge in [-0.2, -0.15) is 4.98 Å². The van der Waals surface area contributed by atoms with E-state index in [9.17, 15) is 9.18 Å². The molecule has 1 aliphatic rings. The van der Waals surface area contributed by atoms with Gasteiger partial charge in [-0.15, -0.1) is 0 Å². The third kappa shape index (κ3) is 3.45. The number of carbonyl (C=O) groups is 1. The molecule has 0 radical (unpaired) electrons. The lowest BCUT2D eigenvalue weighted by Gasteiger charge is -2.22. The van der Waals surface area contributed by atoms with E-state index in [1.807, 2.05) is 31.2 Å². The number of amides is 1. The van der Waals surface area contributed by atoms with E-state index in [0.717, 1.165) is 23.6 Å². The molecule has 3 aromatic rings. The lowest BCUT2D eigenvalue weighted by molar-refractivity contribution is 0.0710. The number of likely N-dealkylation sites (tertiary alicyclic amines) is 1. The lowest BCUT2D eigenvalue weighted by atomic mass is 10.1. The maximum Gasteiger partial charge on any atom is 0.256 e. The Morgan fingerprint density at radius 1 is 1.30 bits per heavy atom. The van der Waals surface area contributed by atoms with Crippen LogP contribution in [0.25, 0.3) is 11.4 Å². The van der Waals surface area contributed by atoms with Gasteiger partial charge in [0.05, 0.1) is 10.6 Å². The fourth-order valence-corrected chi connectivity index (χ4v) is 3.55. The highest BCUT2D eigenvalue weighted by atomic mass is 35.5. The number of aromatic nitrogens is 2. The minimum absolute atomic E-state index is 0.141. The monoisotopic (exact) mass is 385 g/mol. The number of nitrogens with zero attached hydrogens (tertiary/aromatic N) is 3. The van der Waals surface area contributed by atoms with Gasteiger partial charge in [-0.3, -0.25) is 4.79 Å². The summed E-state index contributed by atoms with van der Waals surface area (Å²) in [4.78, 5) is 19.0. The van der Waals surface area contributed by atoms with Crippen molar-refractivity contribution in [3.05, 3.63) is 70.3 Å². The van der Waals surface area contributed by atoms with Gasteiger partial charge in [-0.25, -0.2) is 4.39 Å². The Hall–Kier alpha value is -2.73. The number of halogens is 2. The average molecular weight is 386 g/mol. The molecule has 1 amide bonds. The Morgan fingerprint density at radius 3 is 2.96 bits per heavy atom. The zero-order valence-corrected chi connectivity index (χ0v) is 15.4. The summed E-state index contributed by atoms with van der Waals surface area (Å²) in [5, 5.41) is 4.28. The largest absolute Gasteiger partial charge is 0.337 e. The number of hydrogen-bond acceptors (Lipinski definition) is 4. The van der Waals surface area contributed by atoms with Crippen LogP contribution in [0.5, 0.6) is 0 Å². The molecule has 1 fully saturated rings. The quantitative estimate of drug-likeness (QED) is 0.648. The second kappa shape index (κ2) is 7.12. The molecular formula is C20H17ClFN3O2. The first kappa shape index (κ1) is 17.7. The SMILES string of the molecule is Cc1cccc(-c2noc([C@@H]3CCCN3C(=O)c3cc(F)ccc3Cl)n2)c1. The maximum absolute atomic E-state index is 13.6. The van der Waals surface area contributed by atoms with Crippen LogP contribution in [0.3, 0.4) is 0 Å². The maximum atomic E-state index is 13.6. The molecule has 0 unspecified atom stereocenters. The first-order valence-corrected chi connectivity index (χ1v) is 9.07. The molecule has 1 saturated heterocycles. The van der Waals surface area contributed by atoms with Crippen LogP contribution in [0.15, 0.2) is 47.0 Å². The minimum Gasteiger partial charge on any atom is -0.337 e. The van der Waals surface area contributed by atoms with Gasteiger partial charge in [0.2, 0.25) is 11.7 Å². The second-order valence-corrected chi connectivity index (χ2v) is 7.01. The highest BCUT2D eigenvalue weighted by Gasteiger charge is 2.35. The van der Waals surface area contributed by atoms with Crippen molar-refractivity contribution in [3.8, 4) is 11.4 Å². The van der Waals surface area contributed by atoms with E-state index in [-0.39, 0.29) is 22.5 Å². The second-order valence-electron chi connectivity index (χ2n) is 6.61. The summed E-state index contributed by atoms with van der Waals surface area (Å²) < 4.78 is 19.0. The van der Waals surface area contributed by atoms with Crippen molar-refractivity contribution in [2.45, 2.75) is 25.8 Å². The topological polar surface area (TPSA) is 59.2 Å². The molecule has 1 aromatic heterocycles. The summed E-state index contributed by atoms with van der Waals surface area (Å²) in [5.74, 6) is 0.0250. The molecule has 138 valence electrons. The molecule has 0 aliphatic carbocycles. The molecule has 2 heterocycles. The predicted octanol–water partition coefficient (Wildman–Crippen LogP) is 4.81. The fraction of sp³-hybridized carbons (Fsp3) is 0.250. The van der Waals surface area contributed by atoms with Crippen LogP contribution >= 0.6 is 11.6 Å². The van der Waals surface area contributed by atoms with Gasteiger partial charge in [0.15, 0.2) is 0 Å². The summed E-state index contributed by atoms with van der Waals surface area (Å²) in [5.41, 5.74) is 2.09. The third-order valence-corrected chi connectivity index (χ3v) is 5.01. The lowest BCUT2D eigenvalue weighted by Crippen LogP contribution is -2.31. The molecule has 4 rings (SSSR count). The number of aryl methyl sites for hydroxylation is 1. The Labute approximate surface area is 160 Å². The molecule has 2 aromatic carbocycles. The summed E-state index contributed by atoms with van der Waals surface area (Å²) in [7, 11) is 0. The van der Waals surface area contributed by atoms with Crippen molar-refractivity contribution < 1.29 is 13.7 Å². The van der Waals surface area contributed by atoms with Gasteiger partial charge < -0.3 is 9.42 Å². The predicted molar refractivity (Wildman–Crippen MR) is 98.9 cm³/mol.